The van der Waals surface area contributed by atoms with E-state index >= 15 is 0 Å². The Kier molecular flexibility index (Phi) is 1.34. The average Bonchev–Trinajstić information content (AvgIpc) is 1.77. The maximum Gasteiger partial charge on any atom is 0.255 e. The third-order valence-corrected chi connectivity index (χ3v) is 0.747. The normalized spacial score (nSPS) is 9.25. The van der Waals surface area contributed by atoms with Crippen LogP contribution in [0.15, 0.2) is 0 Å². The lowest BCUT2D eigenvalue weighted by molar-refractivity contribution is 0.548. The van der Waals surface area contributed by atoms with Crippen molar-refractivity contribution in [1.29, 1.82) is 0 Å². The third kappa shape index (κ3) is 0.894. The summed E-state index contributed by atoms with van der Waals surface area (Å²) in [4.78, 5) is 0. The fraction of sp³-hybridized carbons (Fsp3) is 0. The Morgan fingerprint density at radius 3 is 2.75 bits per heavy atom. The maximum atomic E-state index is 11.9. The molecule has 0 N–H and O–H groups in total. The van der Waals surface area contributed by atoms with E-state index in [1.54, 1.807) is 0 Å². The summed E-state index contributed by atoms with van der Waals surface area (Å²) in [7, 11) is 0. The molecule has 0 aliphatic carbocycles. The number of hydrogen-bond acceptors (Lipinski definition) is 3. The van der Waals surface area contributed by atoms with Crippen LogP contribution in [0.3, 0.4) is 0 Å². The Bertz CT molecular complexity index is 171. The highest BCUT2D eigenvalue weighted by molar-refractivity contribution is 6.30. The van der Waals surface area contributed by atoms with E-state index in [0.717, 1.165) is 0 Å². The molecule has 0 saturated heterocycles. The van der Waals surface area contributed by atoms with Crippen molar-refractivity contribution in [3.63, 3.8) is 0 Å². The van der Waals surface area contributed by atoms with Gasteiger partial charge in [0, 0.05) is 0 Å². The first-order valence-corrected chi connectivity index (χ1v) is 2.10. The number of aromatic nitrogens is 3. The molecule has 1 rings (SSSR count). The second-order valence-corrected chi connectivity index (χ2v) is 1.38. The topological polar surface area (TPSA) is 38.7 Å². The number of rotatable bonds is 0. The van der Waals surface area contributed by atoms with Crippen molar-refractivity contribution in [1.82, 2.24) is 15.4 Å². The van der Waals surface area contributed by atoms with Crippen LogP contribution < -0.4 is 0 Å². The molecule has 0 fully saturated rings. The van der Waals surface area contributed by atoms with Crippen molar-refractivity contribution in [2.24, 2.45) is 0 Å². The van der Waals surface area contributed by atoms with Gasteiger partial charge >= 0.3 is 0 Å². The highest BCUT2D eigenvalue weighted by Crippen LogP contribution is 2.04. The molecule has 0 aliphatic heterocycles. The lowest BCUT2D eigenvalue weighted by Gasteiger charge is -1.82. The summed E-state index contributed by atoms with van der Waals surface area (Å²) in [5.74, 6) is -0.846. The molecule has 0 atom stereocenters. The molecule has 0 amide bonds. The lowest BCUT2D eigenvalue weighted by atomic mass is 10.7. The summed E-state index contributed by atoms with van der Waals surface area (Å²) in [6.45, 7) is 0. The molecule has 5 heteroatoms. The largest absolute Gasteiger partial charge is 0.255 e. The van der Waals surface area contributed by atoms with Crippen LogP contribution in [0, 0.1) is 12.1 Å². The van der Waals surface area contributed by atoms with Gasteiger partial charge in [-0.25, -0.2) is 0 Å². The van der Waals surface area contributed by atoms with Crippen LogP contribution in [-0.4, -0.2) is 15.4 Å². The van der Waals surface area contributed by atoms with Crippen LogP contribution in [0.4, 0.5) is 4.39 Å². The van der Waals surface area contributed by atoms with E-state index in [0.29, 0.717) is 0 Å². The molecule has 1 radical (unpaired) electrons. The Morgan fingerprint density at radius 1 is 1.62 bits per heavy atom. The van der Waals surface area contributed by atoms with E-state index in [1.165, 1.54) is 0 Å². The Hall–Kier alpha value is -0.770. The van der Waals surface area contributed by atoms with Crippen molar-refractivity contribution in [2.45, 2.75) is 0 Å². The molecule has 0 spiro atoms. The molecule has 3 nitrogen and oxygen atoms in total. The van der Waals surface area contributed by atoms with E-state index in [4.69, 9.17) is 11.6 Å². The molecule has 1 heterocycles. The lowest BCUT2D eigenvalue weighted by Crippen LogP contribution is -1.90. The molecular weight excluding hydrogens is 133 g/mol. The first-order chi connectivity index (χ1) is 3.80. The first-order valence-electron chi connectivity index (χ1n) is 1.73. The summed E-state index contributed by atoms with van der Waals surface area (Å²) >= 11 is 5.11. The second-order valence-electron chi connectivity index (χ2n) is 1.01. The Morgan fingerprint density at radius 2 is 2.38 bits per heavy atom. The van der Waals surface area contributed by atoms with E-state index < -0.39 is 5.95 Å². The molecule has 1 aromatic heterocycles. The van der Waals surface area contributed by atoms with E-state index in [9.17, 15) is 4.39 Å². The fourth-order valence-electron chi connectivity index (χ4n) is 0.218. The van der Waals surface area contributed by atoms with Crippen LogP contribution in [0.25, 0.3) is 0 Å². The van der Waals surface area contributed by atoms with Gasteiger partial charge in [0.05, 0.1) is 0 Å². The van der Waals surface area contributed by atoms with Crippen LogP contribution >= 0.6 is 11.6 Å². The molecule has 0 unspecified atom stereocenters. The van der Waals surface area contributed by atoms with Crippen molar-refractivity contribution >= 4 is 11.6 Å². The van der Waals surface area contributed by atoms with Gasteiger partial charge in [-0.15, -0.1) is 5.10 Å². The molecule has 1 aromatic rings. The fourth-order valence-corrected chi connectivity index (χ4v) is 0.294. The van der Waals surface area contributed by atoms with Gasteiger partial charge in [0.15, 0.2) is 0 Å². The highest BCUT2D eigenvalue weighted by Gasteiger charge is 1.97. The zero-order valence-corrected chi connectivity index (χ0v) is 4.35. The maximum absolute atomic E-state index is 11.9. The van der Waals surface area contributed by atoms with Crippen molar-refractivity contribution in [3.05, 3.63) is 17.2 Å². The van der Waals surface area contributed by atoms with Crippen molar-refractivity contribution in [2.75, 3.05) is 0 Å². The molecule has 0 saturated carbocycles. The monoisotopic (exact) mass is 132 g/mol. The Balaban J connectivity index is 3.13. The summed E-state index contributed by atoms with van der Waals surface area (Å²) in [5.41, 5.74) is 0. The molecular formula is C3ClFN3. The standard InChI is InChI=1S/C3ClFN3/c4-2-1-6-8-7-3(2)5. The summed E-state index contributed by atoms with van der Waals surface area (Å²) < 4.78 is 11.9. The average molecular weight is 133 g/mol. The van der Waals surface area contributed by atoms with Crippen molar-refractivity contribution < 1.29 is 4.39 Å². The predicted octanol–water partition coefficient (Wildman–Crippen LogP) is 0.464. The highest BCUT2D eigenvalue weighted by atomic mass is 35.5. The number of halogens is 2. The number of hydrogen-bond donors (Lipinski definition) is 0. The quantitative estimate of drug-likeness (QED) is 0.515. The number of nitrogens with zero attached hydrogens (tertiary/aromatic N) is 3. The smallest absolute Gasteiger partial charge is 0.181 e. The van der Waals surface area contributed by atoms with Gasteiger partial charge in [0.1, 0.15) is 11.2 Å². The Labute approximate surface area is 49.5 Å². The first kappa shape index (κ1) is 5.37. The van der Waals surface area contributed by atoms with E-state index in [1.807, 2.05) is 0 Å². The van der Waals surface area contributed by atoms with Gasteiger partial charge in [0.2, 0.25) is 0 Å². The van der Waals surface area contributed by atoms with Gasteiger partial charge in [-0.05, 0) is 5.21 Å². The van der Waals surface area contributed by atoms with Crippen LogP contribution in [0.2, 0.25) is 5.02 Å². The van der Waals surface area contributed by atoms with Gasteiger partial charge < -0.3 is 0 Å². The van der Waals surface area contributed by atoms with Gasteiger partial charge in [-0.2, -0.15) is 4.39 Å². The van der Waals surface area contributed by atoms with Gasteiger partial charge in [-0.3, -0.25) is 0 Å². The van der Waals surface area contributed by atoms with Gasteiger partial charge in [0.25, 0.3) is 5.95 Å². The minimum absolute atomic E-state index is 0.236. The zero-order valence-electron chi connectivity index (χ0n) is 3.60. The molecule has 41 valence electrons. The second kappa shape index (κ2) is 2.00. The molecule has 0 aliphatic rings. The minimum Gasteiger partial charge on any atom is -0.181 e. The van der Waals surface area contributed by atoms with Crippen LogP contribution in [-0.2, 0) is 0 Å². The van der Waals surface area contributed by atoms with Crippen molar-refractivity contribution in [3.8, 4) is 0 Å². The SMILES string of the molecule is Fc1nnn[c]c1Cl. The third-order valence-electron chi connectivity index (χ3n) is 0.507. The molecule has 8 heavy (non-hydrogen) atoms. The minimum atomic E-state index is -0.846. The predicted molar refractivity (Wildman–Crippen MR) is 23.6 cm³/mol. The zero-order chi connectivity index (χ0) is 5.98. The molecule has 0 bridgehead atoms. The summed E-state index contributed by atoms with van der Waals surface area (Å²) in [5, 5.41) is 8.67. The van der Waals surface area contributed by atoms with Crippen LogP contribution in [0.1, 0.15) is 0 Å². The summed E-state index contributed by atoms with van der Waals surface area (Å²) in [6, 6.07) is 0. The van der Waals surface area contributed by atoms with E-state index in [-0.39, 0.29) is 5.02 Å². The summed E-state index contributed by atoms with van der Waals surface area (Å²) in [6.07, 6.45) is 2.07. The molecule has 0 aromatic carbocycles. The van der Waals surface area contributed by atoms with E-state index in [2.05, 4.69) is 21.6 Å². The van der Waals surface area contributed by atoms with Crippen LogP contribution in [0.5, 0.6) is 0 Å². The van der Waals surface area contributed by atoms with Gasteiger partial charge in [-0.1, -0.05) is 16.7 Å².